The van der Waals surface area contributed by atoms with Gasteiger partial charge in [0.25, 0.3) is 0 Å². The lowest BCUT2D eigenvalue weighted by Gasteiger charge is -2.53. The molecule has 0 spiro atoms. The third kappa shape index (κ3) is 3.87. The first-order valence-corrected chi connectivity index (χ1v) is 12.6. The molecule has 0 bridgehead atoms. The van der Waals surface area contributed by atoms with E-state index >= 15 is 0 Å². The maximum absolute atomic E-state index is 14.0. The van der Waals surface area contributed by atoms with Crippen LogP contribution in [0.15, 0.2) is 42.5 Å². The molecular weight excluding hydrogens is 464 g/mol. The van der Waals surface area contributed by atoms with Gasteiger partial charge in [-0.25, -0.2) is 0 Å². The predicted molar refractivity (Wildman–Crippen MR) is 137 cm³/mol. The van der Waals surface area contributed by atoms with Crippen LogP contribution in [-0.4, -0.2) is 74.9 Å². The van der Waals surface area contributed by atoms with Gasteiger partial charge in [-0.3, -0.25) is 9.59 Å². The van der Waals surface area contributed by atoms with Gasteiger partial charge in [-0.1, -0.05) is 37.6 Å². The van der Waals surface area contributed by atoms with Crippen LogP contribution in [0, 0.1) is 0 Å². The topological polar surface area (TPSA) is 79.9 Å². The summed E-state index contributed by atoms with van der Waals surface area (Å²) in [4.78, 5) is 37.0. The first-order chi connectivity index (χ1) is 16.8. The zero-order chi connectivity index (χ0) is 24.9. The molecule has 5 rings (SSSR count). The van der Waals surface area contributed by atoms with E-state index in [0.717, 1.165) is 47.4 Å². The summed E-state index contributed by atoms with van der Waals surface area (Å²) < 4.78 is 0. The molecule has 184 valence electrons. The summed E-state index contributed by atoms with van der Waals surface area (Å²) in [6, 6.07) is 12.1. The quantitative estimate of drug-likeness (QED) is 0.544. The summed E-state index contributed by atoms with van der Waals surface area (Å²) in [6.07, 6.45) is 0.393. The van der Waals surface area contributed by atoms with Crippen molar-refractivity contribution in [3.8, 4) is 5.75 Å². The molecule has 2 aliphatic heterocycles. The van der Waals surface area contributed by atoms with E-state index in [2.05, 4.69) is 23.7 Å². The number of nitrogens with one attached hydrogen (secondary N) is 1. The summed E-state index contributed by atoms with van der Waals surface area (Å²) in [5.41, 5.74) is 2.46. The molecule has 2 aliphatic rings. The number of aromatic nitrogens is 1. The van der Waals surface area contributed by atoms with Crippen LogP contribution in [0.25, 0.3) is 10.9 Å². The number of amides is 2. The number of aromatic hydroxyl groups is 1. The van der Waals surface area contributed by atoms with Crippen molar-refractivity contribution in [2.45, 2.75) is 38.8 Å². The molecule has 0 aliphatic carbocycles. The maximum Gasteiger partial charge on any atom is 0.249 e. The van der Waals surface area contributed by atoms with Gasteiger partial charge in [-0.05, 0) is 61.5 Å². The first-order valence-electron chi connectivity index (χ1n) is 12.2. The second-order valence-electron chi connectivity index (χ2n) is 9.67. The number of nitrogens with zero attached hydrogens (tertiary/aromatic N) is 3. The second-order valence-corrected chi connectivity index (χ2v) is 10.1. The fraction of sp³-hybridized carbons (Fsp3) is 0.407. The molecule has 3 aromatic rings. The molecule has 35 heavy (non-hydrogen) atoms. The maximum atomic E-state index is 14.0. The van der Waals surface area contributed by atoms with Crippen molar-refractivity contribution in [2.24, 2.45) is 0 Å². The normalized spacial score (nSPS) is 22.1. The molecule has 2 aromatic carbocycles. The average molecular weight is 495 g/mol. The van der Waals surface area contributed by atoms with Crippen molar-refractivity contribution in [3.63, 3.8) is 0 Å². The van der Waals surface area contributed by atoms with Crippen LogP contribution in [0.1, 0.15) is 43.6 Å². The minimum absolute atomic E-state index is 0.0450. The van der Waals surface area contributed by atoms with E-state index in [4.69, 9.17) is 11.6 Å². The van der Waals surface area contributed by atoms with E-state index in [1.54, 1.807) is 28.0 Å². The monoisotopic (exact) mass is 494 g/mol. The number of fused-ring (bicyclic) bond motifs is 4. The highest BCUT2D eigenvalue weighted by Gasteiger charge is 2.55. The lowest BCUT2D eigenvalue weighted by atomic mass is 9.78. The van der Waals surface area contributed by atoms with E-state index in [1.807, 2.05) is 31.2 Å². The highest BCUT2D eigenvalue weighted by Crippen LogP contribution is 2.47. The molecule has 2 N–H and O–H groups in total. The van der Waals surface area contributed by atoms with Crippen molar-refractivity contribution in [1.82, 2.24) is 19.7 Å². The summed E-state index contributed by atoms with van der Waals surface area (Å²) in [7, 11) is 0. The summed E-state index contributed by atoms with van der Waals surface area (Å²) >= 11 is 6.35. The zero-order valence-corrected chi connectivity index (χ0v) is 21.1. The van der Waals surface area contributed by atoms with E-state index in [0.29, 0.717) is 18.0 Å². The number of phenolic OH excluding ortho intramolecular Hbond substituents is 1. The van der Waals surface area contributed by atoms with Crippen molar-refractivity contribution in [1.29, 1.82) is 0 Å². The predicted octanol–water partition coefficient (Wildman–Crippen LogP) is 3.94. The number of hydrogen-bond donors (Lipinski definition) is 2. The number of hydrogen-bond acceptors (Lipinski definition) is 4. The Kier molecular flexibility index (Phi) is 6.01. The number of carbonyl (C=O) groups is 2. The van der Waals surface area contributed by atoms with E-state index in [9.17, 15) is 14.7 Å². The number of H-pyrrole nitrogens is 1. The number of aromatic amines is 1. The number of halogens is 1. The van der Waals surface area contributed by atoms with Gasteiger partial charge in [0.05, 0.1) is 12.6 Å². The van der Waals surface area contributed by atoms with Gasteiger partial charge in [0.1, 0.15) is 11.3 Å². The molecule has 0 radical (unpaired) electrons. The molecule has 1 saturated heterocycles. The Morgan fingerprint density at radius 1 is 1.17 bits per heavy atom. The van der Waals surface area contributed by atoms with Crippen LogP contribution in [0.2, 0.25) is 5.02 Å². The zero-order valence-electron chi connectivity index (χ0n) is 20.3. The molecule has 8 heteroatoms. The van der Waals surface area contributed by atoms with Crippen LogP contribution in [0.3, 0.4) is 0 Å². The van der Waals surface area contributed by atoms with E-state index in [-0.39, 0.29) is 24.1 Å². The molecule has 0 saturated carbocycles. The second kappa shape index (κ2) is 8.88. The van der Waals surface area contributed by atoms with Gasteiger partial charge in [0.15, 0.2) is 0 Å². The van der Waals surface area contributed by atoms with Crippen molar-refractivity contribution in [2.75, 3.05) is 32.7 Å². The van der Waals surface area contributed by atoms with E-state index in [1.165, 1.54) is 0 Å². The number of phenols is 1. The Labute approximate surface area is 210 Å². The number of benzene rings is 2. The third-order valence-corrected chi connectivity index (χ3v) is 7.83. The molecule has 2 atom stereocenters. The van der Waals surface area contributed by atoms with Crippen molar-refractivity contribution < 1.29 is 14.7 Å². The van der Waals surface area contributed by atoms with Gasteiger partial charge in [-0.15, -0.1) is 0 Å². The molecule has 7 nitrogen and oxygen atoms in total. The molecule has 2 amide bonds. The third-order valence-electron chi connectivity index (χ3n) is 7.59. The fourth-order valence-corrected chi connectivity index (χ4v) is 5.92. The van der Waals surface area contributed by atoms with Crippen molar-refractivity contribution >= 4 is 34.3 Å². The first kappa shape index (κ1) is 23.7. The van der Waals surface area contributed by atoms with Gasteiger partial charge in [-0.2, -0.15) is 0 Å². The number of piperazine rings is 1. The van der Waals surface area contributed by atoms with Crippen LogP contribution in [-0.2, 0) is 16.0 Å². The molecule has 3 heterocycles. The largest absolute Gasteiger partial charge is 0.508 e. The summed E-state index contributed by atoms with van der Waals surface area (Å²) in [6.45, 7) is 9.15. The Morgan fingerprint density at radius 3 is 2.66 bits per heavy atom. The minimum atomic E-state index is -1.06. The number of rotatable bonds is 6. The van der Waals surface area contributed by atoms with Crippen LogP contribution in [0.4, 0.5) is 0 Å². The molecule has 1 fully saturated rings. The minimum Gasteiger partial charge on any atom is -0.508 e. The lowest BCUT2D eigenvalue weighted by Crippen LogP contribution is -2.70. The Morgan fingerprint density at radius 2 is 1.94 bits per heavy atom. The average Bonchev–Trinajstić information content (AvgIpc) is 3.18. The van der Waals surface area contributed by atoms with E-state index < -0.39 is 11.6 Å². The van der Waals surface area contributed by atoms with Gasteiger partial charge in [0.2, 0.25) is 11.8 Å². The van der Waals surface area contributed by atoms with Gasteiger partial charge < -0.3 is 24.8 Å². The molecule has 1 aromatic heterocycles. The Hall–Kier alpha value is -3.03. The SMILES string of the molecule is CCN(CC)CCN1CC(=O)N2[C@H](c3cccc(O)c3)c3[nH]c4ccc(Cl)cc4c3C[C@@]2(C)C1=O. The number of carbonyl (C=O) groups excluding carboxylic acids is 2. The smallest absolute Gasteiger partial charge is 0.249 e. The lowest BCUT2D eigenvalue weighted by molar-refractivity contribution is -0.167. The fourth-order valence-electron chi connectivity index (χ4n) is 5.75. The Balaban J connectivity index is 1.64. The van der Waals surface area contributed by atoms with Crippen LogP contribution in [0.5, 0.6) is 5.75 Å². The highest BCUT2D eigenvalue weighted by molar-refractivity contribution is 6.31. The Bertz CT molecular complexity index is 1300. The van der Waals surface area contributed by atoms with Gasteiger partial charge >= 0.3 is 0 Å². The highest BCUT2D eigenvalue weighted by atomic mass is 35.5. The number of likely N-dealkylation sites (N-methyl/N-ethyl adjacent to an activating group) is 1. The molecule has 0 unspecified atom stereocenters. The van der Waals surface area contributed by atoms with Crippen LogP contribution < -0.4 is 0 Å². The summed E-state index contributed by atoms with van der Waals surface area (Å²) in [5.74, 6) is -0.0223. The van der Waals surface area contributed by atoms with Gasteiger partial charge in [0, 0.05) is 41.1 Å². The summed E-state index contributed by atoms with van der Waals surface area (Å²) in [5, 5.41) is 11.8. The van der Waals surface area contributed by atoms with Crippen LogP contribution >= 0.6 is 11.6 Å². The van der Waals surface area contributed by atoms with Crippen molar-refractivity contribution in [3.05, 3.63) is 64.3 Å². The molecular formula is C27H31ClN4O3. The standard InChI is InChI=1S/C27H31ClN4O3/c1-4-30(5-2)11-12-31-16-23(34)32-25(17-7-6-8-19(33)13-17)24-21(15-27(32,3)26(31)35)20-14-18(28)9-10-22(20)29-24/h6-10,13-14,25,29,33H,4-5,11-12,15-16H2,1-3H3/t25-,27+/m1/s1.